The second-order valence-corrected chi connectivity index (χ2v) is 5.90. The van der Waals surface area contributed by atoms with Gasteiger partial charge in [-0.3, -0.25) is 0 Å². The molecule has 0 amide bonds. The second kappa shape index (κ2) is 5.65. The Hall–Kier alpha value is -0.590. The number of hydrogen-bond acceptors (Lipinski definition) is 3. The van der Waals surface area contributed by atoms with E-state index in [1.165, 1.54) is 12.8 Å². The number of nitrogens with zero attached hydrogens (tertiary/aromatic N) is 1. The molecule has 16 heavy (non-hydrogen) atoms. The summed E-state index contributed by atoms with van der Waals surface area (Å²) in [5, 5.41) is 21.0. The van der Waals surface area contributed by atoms with Crippen LogP contribution in [0.2, 0.25) is 0 Å². The molecule has 1 aliphatic rings. The summed E-state index contributed by atoms with van der Waals surface area (Å²) in [5.41, 5.74) is 0.588. The minimum Gasteiger partial charge on any atom is -0.396 e. The molecule has 0 heterocycles. The summed E-state index contributed by atoms with van der Waals surface area (Å²) in [6.45, 7) is 6.68. The van der Waals surface area contributed by atoms with Gasteiger partial charge in [-0.1, -0.05) is 13.8 Å². The molecule has 0 aromatic heterocycles. The fraction of sp³-hybridized carbons (Fsp3) is 0.923. The van der Waals surface area contributed by atoms with Gasteiger partial charge in [0.25, 0.3) is 0 Å². The van der Waals surface area contributed by atoms with E-state index in [4.69, 9.17) is 10.4 Å². The molecule has 0 aromatic rings. The topological polar surface area (TPSA) is 56.0 Å². The summed E-state index contributed by atoms with van der Waals surface area (Å²) in [6.07, 6.45) is 5.01. The van der Waals surface area contributed by atoms with Gasteiger partial charge in [-0.25, -0.2) is 0 Å². The Balaban J connectivity index is 2.17. The third-order valence-corrected chi connectivity index (χ3v) is 3.62. The monoisotopic (exact) mass is 224 g/mol. The van der Waals surface area contributed by atoms with Crippen LogP contribution in [-0.2, 0) is 0 Å². The molecule has 92 valence electrons. The van der Waals surface area contributed by atoms with Crippen LogP contribution in [-0.4, -0.2) is 24.8 Å². The number of aliphatic hydroxyl groups is 1. The van der Waals surface area contributed by atoms with Crippen molar-refractivity contribution in [2.45, 2.75) is 46.0 Å². The third-order valence-electron chi connectivity index (χ3n) is 3.62. The van der Waals surface area contributed by atoms with E-state index in [-0.39, 0.29) is 5.41 Å². The van der Waals surface area contributed by atoms with Crippen molar-refractivity contribution < 1.29 is 5.11 Å². The Morgan fingerprint density at radius 2 is 2.12 bits per heavy atom. The summed E-state index contributed by atoms with van der Waals surface area (Å²) in [6, 6.07) is 2.20. The van der Waals surface area contributed by atoms with Crippen LogP contribution >= 0.6 is 0 Å². The molecule has 0 bridgehead atoms. The molecule has 1 fully saturated rings. The van der Waals surface area contributed by atoms with Crippen molar-refractivity contribution in [3.8, 4) is 6.07 Å². The van der Waals surface area contributed by atoms with Gasteiger partial charge in [0.2, 0.25) is 0 Å². The highest BCUT2D eigenvalue weighted by Crippen LogP contribution is 2.47. The Morgan fingerprint density at radius 1 is 1.44 bits per heavy atom. The highest BCUT2D eigenvalue weighted by atomic mass is 16.3. The van der Waals surface area contributed by atoms with Crippen LogP contribution in [0, 0.1) is 22.2 Å². The SMILES string of the molecule is CC(C)(CCC#N)CNCC1(CCO)CC1. The first kappa shape index (κ1) is 13.5. The van der Waals surface area contributed by atoms with Gasteiger partial charge in [0.05, 0.1) is 6.07 Å². The lowest BCUT2D eigenvalue weighted by molar-refractivity contribution is 0.237. The summed E-state index contributed by atoms with van der Waals surface area (Å²) in [5.74, 6) is 0. The van der Waals surface area contributed by atoms with Crippen LogP contribution in [0.4, 0.5) is 0 Å². The minimum absolute atomic E-state index is 0.199. The Bertz CT molecular complexity index is 251. The largest absolute Gasteiger partial charge is 0.396 e. The summed E-state index contributed by atoms with van der Waals surface area (Å²) < 4.78 is 0. The quantitative estimate of drug-likeness (QED) is 0.663. The maximum absolute atomic E-state index is 8.95. The number of aliphatic hydroxyl groups excluding tert-OH is 1. The molecule has 3 nitrogen and oxygen atoms in total. The molecule has 0 aromatic carbocycles. The molecule has 2 N–H and O–H groups in total. The maximum Gasteiger partial charge on any atom is 0.0621 e. The molecule has 0 spiro atoms. The van der Waals surface area contributed by atoms with Gasteiger partial charge in [0.1, 0.15) is 0 Å². The van der Waals surface area contributed by atoms with Gasteiger partial charge in [-0.15, -0.1) is 0 Å². The molecular weight excluding hydrogens is 200 g/mol. The van der Waals surface area contributed by atoms with E-state index >= 15 is 0 Å². The van der Waals surface area contributed by atoms with Crippen molar-refractivity contribution in [2.75, 3.05) is 19.7 Å². The minimum atomic E-state index is 0.199. The molecule has 1 aliphatic carbocycles. The Labute approximate surface area is 98.8 Å². The highest BCUT2D eigenvalue weighted by molar-refractivity contribution is 4.95. The molecule has 0 atom stereocenters. The molecule has 1 saturated carbocycles. The lowest BCUT2D eigenvalue weighted by atomic mass is 9.87. The van der Waals surface area contributed by atoms with Gasteiger partial charge < -0.3 is 10.4 Å². The third kappa shape index (κ3) is 4.51. The zero-order valence-electron chi connectivity index (χ0n) is 10.6. The summed E-state index contributed by atoms with van der Waals surface area (Å²) >= 11 is 0. The van der Waals surface area contributed by atoms with Gasteiger partial charge >= 0.3 is 0 Å². The summed E-state index contributed by atoms with van der Waals surface area (Å²) in [4.78, 5) is 0. The smallest absolute Gasteiger partial charge is 0.0621 e. The number of nitrogens with one attached hydrogen (secondary N) is 1. The fourth-order valence-corrected chi connectivity index (χ4v) is 2.08. The van der Waals surface area contributed by atoms with E-state index in [1.54, 1.807) is 0 Å². The van der Waals surface area contributed by atoms with Gasteiger partial charge in [-0.05, 0) is 36.5 Å². The summed E-state index contributed by atoms with van der Waals surface area (Å²) in [7, 11) is 0. The van der Waals surface area contributed by atoms with Crippen LogP contribution in [0.25, 0.3) is 0 Å². The van der Waals surface area contributed by atoms with Crippen molar-refractivity contribution >= 4 is 0 Å². The van der Waals surface area contributed by atoms with Crippen LogP contribution in [0.3, 0.4) is 0 Å². The average molecular weight is 224 g/mol. The first-order valence-electron chi connectivity index (χ1n) is 6.22. The normalized spacial score (nSPS) is 18.1. The number of hydrogen-bond donors (Lipinski definition) is 2. The lowest BCUT2D eigenvalue weighted by Crippen LogP contribution is -2.33. The lowest BCUT2D eigenvalue weighted by Gasteiger charge is -2.25. The van der Waals surface area contributed by atoms with Gasteiger partial charge in [-0.2, -0.15) is 5.26 Å². The molecule has 0 radical (unpaired) electrons. The zero-order valence-corrected chi connectivity index (χ0v) is 10.6. The zero-order chi connectivity index (χ0) is 12.1. The van der Waals surface area contributed by atoms with E-state index in [1.807, 2.05) is 0 Å². The van der Waals surface area contributed by atoms with E-state index in [9.17, 15) is 0 Å². The first-order chi connectivity index (χ1) is 7.54. The van der Waals surface area contributed by atoms with Crippen molar-refractivity contribution in [3.05, 3.63) is 0 Å². The molecule has 0 unspecified atom stereocenters. The molecule has 3 heteroatoms. The van der Waals surface area contributed by atoms with Crippen molar-refractivity contribution in [3.63, 3.8) is 0 Å². The Morgan fingerprint density at radius 3 is 2.62 bits per heavy atom. The number of nitriles is 1. The molecule has 0 saturated heterocycles. The van der Waals surface area contributed by atoms with Crippen LogP contribution in [0.15, 0.2) is 0 Å². The van der Waals surface area contributed by atoms with E-state index < -0.39 is 0 Å². The van der Waals surface area contributed by atoms with Gasteiger partial charge in [0.15, 0.2) is 0 Å². The van der Waals surface area contributed by atoms with Crippen LogP contribution < -0.4 is 5.32 Å². The number of rotatable bonds is 8. The molecule has 1 rings (SSSR count). The van der Waals surface area contributed by atoms with Crippen LogP contribution in [0.5, 0.6) is 0 Å². The maximum atomic E-state index is 8.95. The van der Waals surface area contributed by atoms with Crippen molar-refractivity contribution in [1.82, 2.24) is 5.32 Å². The van der Waals surface area contributed by atoms with Crippen molar-refractivity contribution in [1.29, 1.82) is 5.26 Å². The molecular formula is C13H24N2O. The first-order valence-corrected chi connectivity index (χ1v) is 6.22. The second-order valence-electron chi connectivity index (χ2n) is 5.90. The van der Waals surface area contributed by atoms with E-state index in [2.05, 4.69) is 25.2 Å². The molecule has 0 aliphatic heterocycles. The highest BCUT2D eigenvalue weighted by Gasteiger charge is 2.41. The Kier molecular flexibility index (Phi) is 4.76. The van der Waals surface area contributed by atoms with Crippen LogP contribution in [0.1, 0.15) is 46.0 Å². The van der Waals surface area contributed by atoms with Gasteiger partial charge in [0, 0.05) is 26.1 Å². The van der Waals surface area contributed by atoms with E-state index in [0.29, 0.717) is 18.4 Å². The predicted octanol–water partition coefficient (Wildman–Crippen LogP) is 2.07. The average Bonchev–Trinajstić information content (AvgIpc) is 2.96. The van der Waals surface area contributed by atoms with Crippen molar-refractivity contribution in [2.24, 2.45) is 10.8 Å². The predicted molar refractivity (Wildman–Crippen MR) is 64.9 cm³/mol. The van der Waals surface area contributed by atoms with E-state index in [0.717, 1.165) is 25.9 Å². The fourth-order valence-electron chi connectivity index (χ4n) is 2.08. The standard InChI is InChI=1S/C13H24N2O/c1-12(2,4-3-8-14)10-15-11-13(5-6-13)7-9-16/h15-16H,3-7,9-11H2,1-2H3.